The number of fused-ring (bicyclic) bond motifs is 4. The lowest BCUT2D eigenvalue weighted by molar-refractivity contribution is 0.0926. The third-order valence-corrected chi connectivity index (χ3v) is 7.05. The van der Waals surface area contributed by atoms with Crippen LogP contribution in [0, 0.1) is 29.5 Å². The van der Waals surface area contributed by atoms with Gasteiger partial charge in [-0.2, -0.15) is 4.39 Å². The van der Waals surface area contributed by atoms with E-state index in [-0.39, 0.29) is 34.7 Å². The van der Waals surface area contributed by atoms with E-state index in [1.54, 1.807) is 12.3 Å². The van der Waals surface area contributed by atoms with Crippen molar-refractivity contribution in [3.05, 3.63) is 36.4 Å². The third kappa shape index (κ3) is 3.04. The van der Waals surface area contributed by atoms with Crippen molar-refractivity contribution < 1.29 is 13.3 Å². The molecule has 3 saturated carbocycles. The number of aromatic amines is 1. The summed E-state index contributed by atoms with van der Waals surface area (Å²) in [5, 5.41) is 7.07. The van der Waals surface area contributed by atoms with Crippen LogP contribution < -0.4 is 5.32 Å². The van der Waals surface area contributed by atoms with Crippen LogP contribution in [0.25, 0.3) is 34.0 Å². The fourth-order valence-corrected chi connectivity index (χ4v) is 5.36. The molecule has 0 spiro atoms. The van der Waals surface area contributed by atoms with E-state index in [2.05, 4.69) is 42.3 Å². The van der Waals surface area contributed by atoms with Gasteiger partial charge in [0.15, 0.2) is 34.6 Å². The molecule has 2 atom stereocenters. The molecule has 2 unspecified atom stereocenters. The predicted molar refractivity (Wildman–Crippen MR) is 112 cm³/mol. The summed E-state index contributed by atoms with van der Waals surface area (Å²) >= 11 is 0. The molecule has 0 aliphatic heterocycles. The van der Waals surface area contributed by atoms with Crippen molar-refractivity contribution in [3.8, 4) is 22.8 Å². The monoisotopic (exact) mass is 437 g/mol. The fraction of sp³-hybridized carbons (Fsp3) is 0.409. The van der Waals surface area contributed by atoms with Gasteiger partial charge in [0, 0.05) is 18.3 Å². The highest BCUT2D eigenvalue weighted by molar-refractivity contribution is 5.88. The molecule has 8 nitrogen and oxygen atoms in total. The van der Waals surface area contributed by atoms with Crippen LogP contribution in [0.4, 0.5) is 14.6 Å². The Morgan fingerprint density at radius 1 is 1.09 bits per heavy atom. The second-order valence-electron chi connectivity index (χ2n) is 8.73. The van der Waals surface area contributed by atoms with Crippen molar-refractivity contribution >= 4 is 17.0 Å². The van der Waals surface area contributed by atoms with E-state index in [0.29, 0.717) is 29.0 Å². The summed E-state index contributed by atoms with van der Waals surface area (Å²) in [6.07, 6.45) is 8.78. The van der Waals surface area contributed by atoms with Gasteiger partial charge >= 0.3 is 0 Å². The number of nitrogens with one attached hydrogen (secondary N) is 2. The minimum atomic E-state index is -0.721. The van der Waals surface area contributed by atoms with Gasteiger partial charge in [0.25, 0.3) is 0 Å². The first kappa shape index (κ1) is 19.3. The highest BCUT2D eigenvalue weighted by atomic mass is 19.1. The predicted octanol–water partition coefficient (Wildman–Crippen LogP) is 4.58. The Morgan fingerprint density at radius 3 is 2.66 bits per heavy atom. The quantitative estimate of drug-likeness (QED) is 0.481. The molecule has 0 saturated heterocycles. The molecule has 10 heteroatoms. The Labute approximate surface area is 181 Å². The number of anilines is 1. The first-order chi connectivity index (χ1) is 15.6. The molecule has 2 N–H and O–H groups in total. The molecule has 0 amide bonds. The maximum atomic E-state index is 15.6. The summed E-state index contributed by atoms with van der Waals surface area (Å²) < 4.78 is 34.5. The van der Waals surface area contributed by atoms with E-state index in [0.717, 1.165) is 19.0 Å². The highest BCUT2D eigenvalue weighted by Crippen LogP contribution is 2.46. The summed E-state index contributed by atoms with van der Waals surface area (Å²) in [4.78, 5) is 19.8. The SMILES string of the molecule is CC1C2CCC(CC2)C1Nc1nc(-c2c[nH]c3ncc(F)nc23)nc(-c2ccno2)c1F. The average Bonchev–Trinajstić information content (AvgIpc) is 3.48. The zero-order valence-electron chi connectivity index (χ0n) is 17.3. The number of H-pyrrole nitrogens is 1. The summed E-state index contributed by atoms with van der Waals surface area (Å²) in [6, 6.07) is 1.67. The molecule has 4 aromatic rings. The Hall–Kier alpha value is -3.43. The average molecular weight is 437 g/mol. The lowest BCUT2D eigenvalue weighted by Gasteiger charge is -2.47. The van der Waals surface area contributed by atoms with Gasteiger partial charge in [0.05, 0.1) is 18.0 Å². The largest absolute Gasteiger partial charge is 0.364 e. The number of halogens is 2. The summed E-state index contributed by atoms with van der Waals surface area (Å²) in [6.45, 7) is 2.23. The zero-order chi connectivity index (χ0) is 21.8. The molecule has 0 aromatic carbocycles. The number of hydrogen-bond donors (Lipinski definition) is 2. The maximum absolute atomic E-state index is 15.6. The van der Waals surface area contributed by atoms with Crippen molar-refractivity contribution in [2.45, 2.75) is 38.6 Å². The van der Waals surface area contributed by atoms with Crippen LogP contribution in [0.5, 0.6) is 0 Å². The number of hydrogen-bond acceptors (Lipinski definition) is 7. The number of nitrogens with zero attached hydrogens (tertiary/aromatic N) is 5. The standard InChI is InChI=1S/C22H21F2N7O/c1-10-11-2-4-12(5-3-11)17(10)29-21-16(24)19(14-6-7-27-32-14)30-20(31-21)13-8-25-22-18(13)28-15(23)9-26-22/h6-12,17H,2-5H2,1H3,(H,25,26)(H,29,30,31). The van der Waals surface area contributed by atoms with E-state index in [4.69, 9.17) is 4.52 Å². The van der Waals surface area contributed by atoms with Crippen LogP contribution >= 0.6 is 0 Å². The molecular weight excluding hydrogens is 416 g/mol. The van der Waals surface area contributed by atoms with Gasteiger partial charge in [-0.1, -0.05) is 12.1 Å². The van der Waals surface area contributed by atoms with Gasteiger partial charge in [0.2, 0.25) is 5.95 Å². The Bertz CT molecular complexity index is 1280. The minimum Gasteiger partial charge on any atom is -0.364 e. The molecule has 2 bridgehead atoms. The van der Waals surface area contributed by atoms with Crippen LogP contribution in [-0.4, -0.2) is 36.1 Å². The molecule has 4 aromatic heterocycles. The topological polar surface area (TPSA) is 105 Å². The van der Waals surface area contributed by atoms with Crippen LogP contribution in [-0.2, 0) is 0 Å². The Morgan fingerprint density at radius 2 is 1.91 bits per heavy atom. The van der Waals surface area contributed by atoms with Crippen molar-refractivity contribution in [2.24, 2.45) is 17.8 Å². The Balaban J connectivity index is 1.48. The number of aromatic nitrogens is 6. The molecular formula is C22H21F2N7O. The number of rotatable bonds is 4. The Kier molecular flexibility index (Phi) is 4.41. The van der Waals surface area contributed by atoms with E-state index >= 15 is 4.39 Å². The van der Waals surface area contributed by atoms with Gasteiger partial charge in [-0.3, -0.25) is 0 Å². The minimum absolute atomic E-state index is 0.0117. The van der Waals surface area contributed by atoms with Crippen LogP contribution in [0.3, 0.4) is 0 Å². The van der Waals surface area contributed by atoms with Crippen molar-refractivity contribution in [1.82, 2.24) is 30.1 Å². The van der Waals surface area contributed by atoms with Crippen LogP contribution in [0.15, 0.2) is 29.2 Å². The summed E-state index contributed by atoms with van der Waals surface area (Å²) in [5.74, 6) is 0.700. The molecule has 4 heterocycles. The van der Waals surface area contributed by atoms with Crippen molar-refractivity contribution in [3.63, 3.8) is 0 Å². The lowest BCUT2D eigenvalue weighted by atomic mass is 9.62. The molecule has 0 radical (unpaired) electrons. The second kappa shape index (κ2) is 7.32. The highest BCUT2D eigenvalue weighted by Gasteiger charge is 2.41. The molecule has 7 rings (SSSR count). The molecule has 3 aliphatic rings. The fourth-order valence-electron chi connectivity index (χ4n) is 5.36. The van der Waals surface area contributed by atoms with Crippen LogP contribution in [0.1, 0.15) is 32.6 Å². The molecule has 32 heavy (non-hydrogen) atoms. The van der Waals surface area contributed by atoms with E-state index in [1.165, 1.54) is 19.0 Å². The van der Waals surface area contributed by atoms with Gasteiger partial charge in [-0.25, -0.2) is 24.3 Å². The van der Waals surface area contributed by atoms with E-state index in [1.807, 2.05) is 0 Å². The first-order valence-corrected chi connectivity index (χ1v) is 10.8. The second-order valence-corrected chi connectivity index (χ2v) is 8.73. The van der Waals surface area contributed by atoms with Gasteiger partial charge < -0.3 is 14.8 Å². The van der Waals surface area contributed by atoms with Gasteiger partial charge in [-0.05, 0) is 43.4 Å². The molecule has 3 aliphatic carbocycles. The maximum Gasteiger partial charge on any atom is 0.232 e. The normalized spacial score (nSPS) is 24.8. The van der Waals surface area contributed by atoms with Crippen LogP contribution in [0.2, 0.25) is 0 Å². The zero-order valence-corrected chi connectivity index (χ0v) is 17.3. The molecule has 3 fully saturated rings. The van der Waals surface area contributed by atoms with Crippen molar-refractivity contribution in [1.29, 1.82) is 0 Å². The summed E-state index contributed by atoms with van der Waals surface area (Å²) in [5.41, 5.74) is 1.08. The first-order valence-electron chi connectivity index (χ1n) is 10.8. The van der Waals surface area contributed by atoms with E-state index in [9.17, 15) is 4.39 Å². The van der Waals surface area contributed by atoms with Gasteiger partial charge in [-0.15, -0.1) is 0 Å². The third-order valence-electron chi connectivity index (χ3n) is 7.05. The smallest absolute Gasteiger partial charge is 0.232 e. The van der Waals surface area contributed by atoms with Gasteiger partial charge in [0.1, 0.15) is 5.52 Å². The van der Waals surface area contributed by atoms with E-state index < -0.39 is 11.8 Å². The molecule has 164 valence electrons. The van der Waals surface area contributed by atoms with Crippen molar-refractivity contribution in [2.75, 3.05) is 5.32 Å². The lowest BCUT2D eigenvalue weighted by Crippen LogP contribution is -2.47. The summed E-state index contributed by atoms with van der Waals surface area (Å²) in [7, 11) is 0.